The minimum absolute atomic E-state index is 0.150. The zero-order valence-corrected chi connectivity index (χ0v) is 17.0. The van der Waals surface area contributed by atoms with Crippen LogP contribution in [0.15, 0.2) is 24.3 Å². The average molecular weight is 403 g/mol. The van der Waals surface area contributed by atoms with Gasteiger partial charge in [0.25, 0.3) is 5.91 Å². The van der Waals surface area contributed by atoms with Crippen LogP contribution in [0.5, 0.6) is 0 Å². The van der Waals surface area contributed by atoms with E-state index in [1.165, 1.54) is 30.2 Å². The molecule has 1 saturated carbocycles. The molecule has 3 aliphatic rings. The Morgan fingerprint density at radius 1 is 1.24 bits per heavy atom. The summed E-state index contributed by atoms with van der Waals surface area (Å²) in [5.74, 6) is -0.974. The van der Waals surface area contributed by atoms with Crippen LogP contribution in [0.3, 0.4) is 0 Å². The predicted molar refractivity (Wildman–Crippen MR) is 107 cm³/mol. The van der Waals surface area contributed by atoms with Crippen LogP contribution in [-0.2, 0) is 14.3 Å². The molecule has 0 bridgehead atoms. The van der Waals surface area contributed by atoms with Gasteiger partial charge in [-0.05, 0) is 44.8 Å². The van der Waals surface area contributed by atoms with Gasteiger partial charge < -0.3 is 19.9 Å². The molecule has 2 aliphatic heterocycles. The Labute approximate surface area is 171 Å². The van der Waals surface area contributed by atoms with Gasteiger partial charge in [-0.15, -0.1) is 0 Å². The predicted octanol–water partition coefficient (Wildman–Crippen LogP) is 2.11. The highest BCUT2D eigenvalue weighted by molar-refractivity contribution is 5.86. The third-order valence-corrected chi connectivity index (χ3v) is 6.57. The summed E-state index contributed by atoms with van der Waals surface area (Å²) in [5.41, 5.74) is 0.453. The molecule has 1 N–H and O–H groups in total. The minimum atomic E-state index is -0.916. The van der Waals surface area contributed by atoms with Crippen molar-refractivity contribution in [2.24, 2.45) is 5.41 Å². The van der Waals surface area contributed by atoms with E-state index in [9.17, 15) is 14.0 Å². The van der Waals surface area contributed by atoms with E-state index in [1.54, 1.807) is 25.2 Å². The normalized spacial score (nSPS) is 27.0. The molecule has 2 heterocycles. The number of carbonyl (C=O) groups is 2. The maximum atomic E-state index is 14.4. The van der Waals surface area contributed by atoms with E-state index in [1.807, 2.05) is 0 Å². The average Bonchev–Trinajstić information content (AvgIpc) is 3.49. The molecule has 158 valence electrons. The van der Waals surface area contributed by atoms with E-state index in [0.717, 1.165) is 32.5 Å². The zero-order valence-electron chi connectivity index (χ0n) is 17.0. The van der Waals surface area contributed by atoms with E-state index in [0.29, 0.717) is 12.1 Å². The van der Waals surface area contributed by atoms with Crippen molar-refractivity contribution in [3.05, 3.63) is 35.6 Å². The number of likely N-dealkylation sites (tertiary alicyclic amines) is 1. The number of halogens is 1. The highest BCUT2D eigenvalue weighted by Crippen LogP contribution is 2.46. The van der Waals surface area contributed by atoms with Crippen molar-refractivity contribution in [2.45, 2.75) is 44.2 Å². The summed E-state index contributed by atoms with van der Waals surface area (Å²) >= 11 is 0. The lowest BCUT2D eigenvalue weighted by Crippen LogP contribution is -2.54. The number of hydrogen-bond donors (Lipinski definition) is 1. The fraction of sp³-hybridized carbons (Fsp3) is 0.636. The van der Waals surface area contributed by atoms with Gasteiger partial charge in [0.15, 0.2) is 6.10 Å². The van der Waals surface area contributed by atoms with Crippen molar-refractivity contribution < 1.29 is 18.7 Å². The topological polar surface area (TPSA) is 61.9 Å². The van der Waals surface area contributed by atoms with Gasteiger partial charge in [-0.3, -0.25) is 9.59 Å². The number of carbonyl (C=O) groups excluding carboxylic acids is 2. The monoisotopic (exact) mass is 403 g/mol. The molecule has 0 radical (unpaired) electrons. The standard InChI is InChI=1S/C22H30FN3O3/c1-25-18(27)13-29-20(19(25)16-7-3-4-8-17(16)23)21(28)24-14-22(9-10-22)15-26-11-5-2-6-12-26/h3-4,7-8,19-20H,2,5-6,9-15H2,1H3,(H,24,28). The van der Waals surface area contributed by atoms with Gasteiger partial charge in [-0.2, -0.15) is 0 Å². The molecule has 4 rings (SSSR count). The van der Waals surface area contributed by atoms with Crippen LogP contribution in [-0.4, -0.2) is 67.6 Å². The van der Waals surface area contributed by atoms with Gasteiger partial charge in [0.2, 0.25) is 5.91 Å². The highest BCUT2D eigenvalue weighted by atomic mass is 19.1. The first-order chi connectivity index (χ1) is 14.0. The van der Waals surface area contributed by atoms with Crippen LogP contribution in [0, 0.1) is 11.2 Å². The molecule has 1 aliphatic carbocycles. The molecule has 2 atom stereocenters. The van der Waals surface area contributed by atoms with Crippen molar-refractivity contribution in [3.63, 3.8) is 0 Å². The maximum Gasteiger partial charge on any atom is 0.251 e. The van der Waals surface area contributed by atoms with Gasteiger partial charge in [0.1, 0.15) is 12.4 Å². The maximum absolute atomic E-state index is 14.4. The summed E-state index contributed by atoms with van der Waals surface area (Å²) in [7, 11) is 1.60. The summed E-state index contributed by atoms with van der Waals surface area (Å²) in [4.78, 5) is 29.1. The lowest BCUT2D eigenvalue weighted by Gasteiger charge is -2.38. The number of likely N-dealkylation sites (N-methyl/N-ethyl adjacent to an activating group) is 1. The number of morpholine rings is 1. The Bertz CT molecular complexity index is 761. The van der Waals surface area contributed by atoms with Crippen molar-refractivity contribution in [2.75, 3.05) is 39.8 Å². The first-order valence-electron chi connectivity index (χ1n) is 10.6. The number of amides is 2. The third-order valence-electron chi connectivity index (χ3n) is 6.57. The highest BCUT2D eigenvalue weighted by Gasteiger charge is 2.46. The Morgan fingerprint density at radius 3 is 2.66 bits per heavy atom. The molecule has 29 heavy (non-hydrogen) atoms. The second kappa shape index (κ2) is 8.40. The molecule has 1 aromatic rings. The first kappa shape index (κ1) is 20.3. The molecule has 6 nitrogen and oxygen atoms in total. The smallest absolute Gasteiger partial charge is 0.251 e. The Morgan fingerprint density at radius 2 is 1.97 bits per heavy atom. The molecule has 2 saturated heterocycles. The molecular weight excluding hydrogens is 373 g/mol. The van der Waals surface area contributed by atoms with E-state index in [2.05, 4.69) is 10.2 Å². The van der Waals surface area contributed by atoms with Crippen molar-refractivity contribution in [1.29, 1.82) is 0 Å². The van der Waals surface area contributed by atoms with Gasteiger partial charge in [-0.25, -0.2) is 4.39 Å². The van der Waals surface area contributed by atoms with Gasteiger partial charge in [0, 0.05) is 31.1 Å². The van der Waals surface area contributed by atoms with Crippen LogP contribution >= 0.6 is 0 Å². The van der Waals surface area contributed by atoms with Crippen LogP contribution in [0.2, 0.25) is 0 Å². The fourth-order valence-electron chi connectivity index (χ4n) is 4.55. The third kappa shape index (κ3) is 4.46. The fourth-order valence-corrected chi connectivity index (χ4v) is 4.55. The molecular formula is C22H30FN3O3. The molecule has 2 unspecified atom stereocenters. The summed E-state index contributed by atoms with van der Waals surface area (Å²) in [6, 6.07) is 5.48. The van der Waals surface area contributed by atoms with Crippen molar-refractivity contribution >= 4 is 11.8 Å². The Hall–Kier alpha value is -1.99. The summed E-state index contributed by atoms with van der Waals surface area (Å²) in [6.07, 6.45) is 5.13. The minimum Gasteiger partial charge on any atom is -0.356 e. The molecule has 0 spiro atoms. The number of rotatable bonds is 6. The SMILES string of the molecule is CN1C(=O)COC(C(=O)NCC2(CN3CCCCC3)CC2)C1c1ccccc1F. The van der Waals surface area contributed by atoms with Crippen LogP contribution in [0.4, 0.5) is 4.39 Å². The van der Waals surface area contributed by atoms with Crippen LogP contribution in [0.1, 0.15) is 43.7 Å². The van der Waals surface area contributed by atoms with Crippen molar-refractivity contribution in [1.82, 2.24) is 15.1 Å². The van der Waals surface area contributed by atoms with Gasteiger partial charge in [0.05, 0.1) is 6.04 Å². The number of ether oxygens (including phenoxy) is 1. The summed E-state index contributed by atoms with van der Waals surface area (Å²) in [6.45, 7) is 3.74. The Balaban J connectivity index is 1.42. The molecule has 3 fully saturated rings. The van der Waals surface area contributed by atoms with Crippen molar-refractivity contribution in [3.8, 4) is 0 Å². The number of nitrogens with one attached hydrogen (secondary N) is 1. The molecule has 0 aromatic heterocycles. The molecule has 1 aromatic carbocycles. The zero-order chi connectivity index (χ0) is 20.4. The second-order valence-electron chi connectivity index (χ2n) is 8.76. The van der Waals surface area contributed by atoms with E-state index >= 15 is 0 Å². The largest absolute Gasteiger partial charge is 0.356 e. The first-order valence-corrected chi connectivity index (χ1v) is 10.6. The summed E-state index contributed by atoms with van der Waals surface area (Å²) in [5, 5.41) is 3.05. The van der Waals surface area contributed by atoms with Crippen LogP contribution in [0.25, 0.3) is 0 Å². The lowest BCUT2D eigenvalue weighted by molar-refractivity contribution is -0.162. The van der Waals surface area contributed by atoms with Crippen LogP contribution < -0.4 is 5.32 Å². The number of hydrogen-bond acceptors (Lipinski definition) is 4. The Kier molecular flexibility index (Phi) is 5.88. The van der Waals surface area contributed by atoms with E-state index in [-0.39, 0.29) is 23.8 Å². The van der Waals surface area contributed by atoms with Gasteiger partial charge >= 0.3 is 0 Å². The molecule has 7 heteroatoms. The summed E-state index contributed by atoms with van der Waals surface area (Å²) < 4.78 is 20.0. The number of benzene rings is 1. The van der Waals surface area contributed by atoms with E-state index in [4.69, 9.17) is 4.74 Å². The van der Waals surface area contributed by atoms with Gasteiger partial charge in [-0.1, -0.05) is 24.6 Å². The second-order valence-corrected chi connectivity index (χ2v) is 8.76. The quantitative estimate of drug-likeness (QED) is 0.790. The lowest BCUT2D eigenvalue weighted by atomic mass is 9.96. The molecule has 2 amide bonds. The number of piperidine rings is 1. The number of nitrogens with zero attached hydrogens (tertiary/aromatic N) is 2. The van der Waals surface area contributed by atoms with E-state index < -0.39 is 18.0 Å².